The molecule has 0 radical (unpaired) electrons. The average Bonchev–Trinajstić information content (AvgIpc) is 2.59. The first-order valence-electron chi connectivity index (χ1n) is 7.82. The van der Waals surface area contributed by atoms with Gasteiger partial charge in [0.2, 0.25) is 11.8 Å². The number of carbonyl (C=O) groups is 3. The van der Waals surface area contributed by atoms with Crippen molar-refractivity contribution < 1.29 is 18.8 Å². The highest BCUT2D eigenvalue weighted by Crippen LogP contribution is 2.26. The van der Waals surface area contributed by atoms with E-state index in [-0.39, 0.29) is 19.3 Å². The van der Waals surface area contributed by atoms with Gasteiger partial charge in [0.25, 0.3) is 0 Å². The van der Waals surface area contributed by atoms with Gasteiger partial charge in [-0.15, -0.1) is 0 Å². The third-order valence-corrected chi connectivity index (χ3v) is 3.99. The zero-order chi connectivity index (χ0) is 18.4. The molecule has 2 amide bonds. The SMILES string of the molecule is NC(=O)CCC(Cc1ccc(F)c(-c2cccc(C=O)c2)c1)C(N)=O. The second-order valence-electron chi connectivity index (χ2n) is 5.87. The summed E-state index contributed by atoms with van der Waals surface area (Å²) in [7, 11) is 0. The predicted octanol–water partition coefficient (Wildman–Crippen LogP) is 2.21. The molecule has 2 aromatic rings. The quantitative estimate of drug-likeness (QED) is 0.719. The third-order valence-electron chi connectivity index (χ3n) is 3.99. The fraction of sp³-hybridized carbons (Fsp3) is 0.211. The monoisotopic (exact) mass is 342 g/mol. The van der Waals surface area contributed by atoms with Gasteiger partial charge in [0.1, 0.15) is 12.1 Å². The zero-order valence-electron chi connectivity index (χ0n) is 13.6. The first-order valence-corrected chi connectivity index (χ1v) is 7.82. The van der Waals surface area contributed by atoms with E-state index in [1.165, 1.54) is 6.07 Å². The topological polar surface area (TPSA) is 103 Å². The summed E-state index contributed by atoms with van der Waals surface area (Å²) in [4.78, 5) is 33.4. The van der Waals surface area contributed by atoms with Crippen molar-refractivity contribution in [3.05, 3.63) is 59.4 Å². The Labute approximate surface area is 144 Å². The van der Waals surface area contributed by atoms with E-state index in [1.54, 1.807) is 36.4 Å². The van der Waals surface area contributed by atoms with Crippen LogP contribution in [-0.4, -0.2) is 18.1 Å². The average molecular weight is 342 g/mol. The normalized spacial score (nSPS) is 11.7. The van der Waals surface area contributed by atoms with Crippen LogP contribution in [0.25, 0.3) is 11.1 Å². The van der Waals surface area contributed by atoms with Gasteiger partial charge in [-0.3, -0.25) is 14.4 Å². The molecule has 0 spiro atoms. The van der Waals surface area contributed by atoms with Crippen molar-refractivity contribution in [3.8, 4) is 11.1 Å². The van der Waals surface area contributed by atoms with Gasteiger partial charge in [-0.25, -0.2) is 4.39 Å². The van der Waals surface area contributed by atoms with Crippen molar-refractivity contribution in [2.45, 2.75) is 19.3 Å². The fourth-order valence-corrected chi connectivity index (χ4v) is 2.65. The summed E-state index contributed by atoms with van der Waals surface area (Å²) in [6.07, 6.45) is 1.28. The molecule has 1 unspecified atom stereocenters. The van der Waals surface area contributed by atoms with Gasteiger partial charge < -0.3 is 11.5 Å². The minimum absolute atomic E-state index is 0.0586. The first kappa shape index (κ1) is 18.3. The van der Waals surface area contributed by atoms with Crippen molar-refractivity contribution in [3.63, 3.8) is 0 Å². The molecular formula is C19H19FN2O3. The number of halogens is 1. The van der Waals surface area contributed by atoms with E-state index >= 15 is 0 Å². The van der Waals surface area contributed by atoms with Crippen molar-refractivity contribution in [2.75, 3.05) is 0 Å². The smallest absolute Gasteiger partial charge is 0.220 e. The second-order valence-corrected chi connectivity index (χ2v) is 5.87. The van der Waals surface area contributed by atoms with Crippen LogP contribution < -0.4 is 11.5 Å². The summed E-state index contributed by atoms with van der Waals surface area (Å²) in [6, 6.07) is 11.1. The van der Waals surface area contributed by atoms with Crippen LogP contribution in [0.3, 0.4) is 0 Å². The number of amides is 2. The van der Waals surface area contributed by atoms with Crippen LogP contribution in [0.5, 0.6) is 0 Å². The predicted molar refractivity (Wildman–Crippen MR) is 92.0 cm³/mol. The number of benzene rings is 2. The number of hydrogen-bond acceptors (Lipinski definition) is 3. The molecule has 0 saturated carbocycles. The molecule has 2 aromatic carbocycles. The Hall–Kier alpha value is -3.02. The van der Waals surface area contributed by atoms with Gasteiger partial charge in [0, 0.05) is 23.5 Å². The summed E-state index contributed by atoms with van der Waals surface area (Å²) in [5.74, 6) is -2.03. The molecule has 0 heterocycles. The van der Waals surface area contributed by atoms with Gasteiger partial charge in [-0.2, -0.15) is 0 Å². The van der Waals surface area contributed by atoms with Crippen LogP contribution in [0.4, 0.5) is 4.39 Å². The molecule has 0 aliphatic heterocycles. The fourth-order valence-electron chi connectivity index (χ4n) is 2.65. The van der Waals surface area contributed by atoms with E-state index < -0.39 is 23.5 Å². The highest BCUT2D eigenvalue weighted by molar-refractivity contribution is 5.80. The molecule has 0 bridgehead atoms. The van der Waals surface area contributed by atoms with Crippen LogP contribution in [0, 0.1) is 11.7 Å². The van der Waals surface area contributed by atoms with Crippen molar-refractivity contribution in [2.24, 2.45) is 17.4 Å². The van der Waals surface area contributed by atoms with Gasteiger partial charge in [-0.1, -0.05) is 24.3 Å². The molecule has 0 aliphatic rings. The Kier molecular flexibility index (Phi) is 6.00. The summed E-state index contributed by atoms with van der Waals surface area (Å²) in [6.45, 7) is 0. The van der Waals surface area contributed by atoms with E-state index in [1.807, 2.05) is 0 Å². The standard InChI is InChI=1S/C19H19FN2O3/c20-17-6-4-12(8-15(19(22)25)5-7-18(21)24)10-16(17)14-3-1-2-13(9-14)11-23/h1-4,6,9-11,15H,5,7-8H2,(H2,21,24)(H2,22,25). The van der Waals surface area contributed by atoms with Crippen LogP contribution in [-0.2, 0) is 16.0 Å². The number of aldehydes is 1. The van der Waals surface area contributed by atoms with Gasteiger partial charge in [-0.05, 0) is 42.2 Å². The van der Waals surface area contributed by atoms with Gasteiger partial charge in [0.15, 0.2) is 0 Å². The Balaban J connectivity index is 2.29. The molecular weight excluding hydrogens is 323 g/mol. The molecule has 2 rings (SSSR count). The van der Waals surface area contributed by atoms with Crippen LogP contribution in [0.2, 0.25) is 0 Å². The van der Waals surface area contributed by atoms with E-state index in [9.17, 15) is 18.8 Å². The van der Waals surface area contributed by atoms with Gasteiger partial charge in [0.05, 0.1) is 0 Å². The molecule has 0 fully saturated rings. The lowest BCUT2D eigenvalue weighted by Gasteiger charge is -2.14. The molecule has 0 aliphatic carbocycles. The zero-order valence-corrected chi connectivity index (χ0v) is 13.6. The Bertz CT molecular complexity index is 805. The molecule has 0 saturated heterocycles. The lowest BCUT2D eigenvalue weighted by molar-refractivity contribution is -0.122. The number of rotatable bonds is 8. The number of hydrogen-bond donors (Lipinski definition) is 2. The maximum atomic E-state index is 14.2. The Morgan fingerprint density at radius 3 is 2.52 bits per heavy atom. The van der Waals surface area contributed by atoms with Gasteiger partial charge >= 0.3 is 0 Å². The highest BCUT2D eigenvalue weighted by atomic mass is 19.1. The van der Waals surface area contributed by atoms with Crippen LogP contribution in [0.15, 0.2) is 42.5 Å². The maximum Gasteiger partial charge on any atom is 0.220 e. The van der Waals surface area contributed by atoms with E-state index in [0.717, 1.165) is 0 Å². The van der Waals surface area contributed by atoms with E-state index in [2.05, 4.69) is 0 Å². The molecule has 0 aromatic heterocycles. The first-order chi connectivity index (χ1) is 11.9. The van der Waals surface area contributed by atoms with Crippen LogP contribution in [0.1, 0.15) is 28.8 Å². The second kappa shape index (κ2) is 8.19. The third kappa shape index (κ3) is 4.97. The minimum Gasteiger partial charge on any atom is -0.370 e. The van der Waals surface area contributed by atoms with E-state index in [4.69, 9.17) is 11.5 Å². The lowest BCUT2D eigenvalue weighted by atomic mass is 9.92. The summed E-state index contributed by atoms with van der Waals surface area (Å²) in [5.41, 5.74) is 12.5. The van der Waals surface area contributed by atoms with E-state index in [0.29, 0.717) is 28.5 Å². The number of primary amides is 2. The molecule has 4 N–H and O–H groups in total. The van der Waals surface area contributed by atoms with Crippen molar-refractivity contribution in [1.29, 1.82) is 0 Å². The molecule has 6 heteroatoms. The maximum absolute atomic E-state index is 14.2. The summed E-state index contributed by atoms with van der Waals surface area (Å²) in [5, 5.41) is 0. The number of nitrogens with two attached hydrogens (primary N) is 2. The summed E-state index contributed by atoms with van der Waals surface area (Å²) < 4.78 is 14.2. The lowest BCUT2D eigenvalue weighted by Crippen LogP contribution is -2.26. The number of carbonyl (C=O) groups excluding carboxylic acids is 3. The highest BCUT2D eigenvalue weighted by Gasteiger charge is 2.18. The minimum atomic E-state index is -0.563. The Morgan fingerprint density at radius 1 is 1.12 bits per heavy atom. The molecule has 5 nitrogen and oxygen atoms in total. The molecule has 1 atom stereocenters. The van der Waals surface area contributed by atoms with Crippen molar-refractivity contribution in [1.82, 2.24) is 0 Å². The van der Waals surface area contributed by atoms with Crippen molar-refractivity contribution >= 4 is 18.1 Å². The van der Waals surface area contributed by atoms with Crippen LogP contribution >= 0.6 is 0 Å². The Morgan fingerprint density at radius 2 is 1.88 bits per heavy atom. The molecule has 130 valence electrons. The largest absolute Gasteiger partial charge is 0.370 e. The summed E-state index contributed by atoms with van der Waals surface area (Å²) >= 11 is 0. The molecule has 25 heavy (non-hydrogen) atoms.